The average Bonchev–Trinajstić information content (AvgIpc) is 2.34. The molecule has 0 radical (unpaired) electrons. The van der Waals surface area contributed by atoms with Crippen LogP contribution in [0.4, 0.5) is 0 Å². The lowest BCUT2D eigenvalue weighted by molar-refractivity contribution is -0.139. The molecule has 1 rings (SSSR count). The van der Waals surface area contributed by atoms with Crippen molar-refractivity contribution in [2.75, 3.05) is 6.54 Å². The summed E-state index contributed by atoms with van der Waals surface area (Å²) in [6.45, 7) is 6.77. The van der Waals surface area contributed by atoms with Crippen LogP contribution in [0.25, 0.3) is 0 Å². The van der Waals surface area contributed by atoms with E-state index >= 15 is 0 Å². The monoisotopic (exact) mass is 249 g/mol. The lowest BCUT2D eigenvalue weighted by Gasteiger charge is -2.21. The molecule has 0 saturated heterocycles. The summed E-state index contributed by atoms with van der Waals surface area (Å²) in [4.78, 5) is 10.8. The Labute approximate surface area is 109 Å². The number of aliphatic carboxylic acids is 1. The Morgan fingerprint density at radius 1 is 1.22 bits per heavy atom. The fourth-order valence-corrected chi connectivity index (χ4v) is 2.04. The number of nitrogens with one attached hydrogen (secondary N) is 1. The summed E-state index contributed by atoms with van der Waals surface area (Å²) < 4.78 is 0. The van der Waals surface area contributed by atoms with Crippen LogP contribution >= 0.6 is 0 Å². The van der Waals surface area contributed by atoms with E-state index in [1.807, 2.05) is 18.2 Å². The van der Waals surface area contributed by atoms with E-state index in [1.54, 1.807) is 6.92 Å². The van der Waals surface area contributed by atoms with Crippen LogP contribution in [-0.2, 0) is 4.79 Å². The summed E-state index contributed by atoms with van der Waals surface area (Å²) in [7, 11) is 0. The largest absolute Gasteiger partial charge is 0.480 e. The van der Waals surface area contributed by atoms with Gasteiger partial charge in [0.1, 0.15) is 6.04 Å². The number of hydrogen-bond donors (Lipinski definition) is 2. The molecule has 2 N–H and O–H groups in total. The Morgan fingerprint density at radius 3 is 2.33 bits per heavy atom. The van der Waals surface area contributed by atoms with E-state index < -0.39 is 12.0 Å². The number of rotatable bonds is 7. The van der Waals surface area contributed by atoms with E-state index in [9.17, 15) is 4.79 Å². The second-order valence-corrected chi connectivity index (χ2v) is 5.21. The molecular weight excluding hydrogens is 226 g/mol. The normalized spacial score (nSPS) is 14.4. The fraction of sp³-hybridized carbons (Fsp3) is 0.533. The van der Waals surface area contributed by atoms with Crippen molar-refractivity contribution >= 4 is 5.97 Å². The quantitative estimate of drug-likeness (QED) is 0.781. The highest BCUT2D eigenvalue weighted by atomic mass is 16.4. The average molecular weight is 249 g/mol. The minimum absolute atomic E-state index is 0.369. The van der Waals surface area contributed by atoms with E-state index in [4.69, 9.17) is 5.11 Å². The summed E-state index contributed by atoms with van der Waals surface area (Å²) in [6.07, 6.45) is 1.06. The van der Waals surface area contributed by atoms with Crippen molar-refractivity contribution < 1.29 is 9.90 Å². The van der Waals surface area contributed by atoms with E-state index in [1.165, 1.54) is 5.56 Å². The first-order valence-corrected chi connectivity index (χ1v) is 6.51. The molecule has 0 heterocycles. The molecule has 3 nitrogen and oxygen atoms in total. The van der Waals surface area contributed by atoms with Crippen LogP contribution in [0.2, 0.25) is 0 Å². The molecule has 0 bridgehead atoms. The Bertz CT molecular complexity index is 362. The third-order valence-corrected chi connectivity index (χ3v) is 3.07. The zero-order valence-electron chi connectivity index (χ0n) is 11.4. The van der Waals surface area contributed by atoms with E-state index in [0.29, 0.717) is 18.4 Å². The van der Waals surface area contributed by atoms with Crippen LogP contribution in [0.5, 0.6) is 0 Å². The number of benzene rings is 1. The summed E-state index contributed by atoms with van der Waals surface area (Å²) in [5.41, 5.74) is 1.27. The molecule has 0 aromatic heterocycles. The van der Waals surface area contributed by atoms with Gasteiger partial charge in [-0.1, -0.05) is 44.2 Å². The number of carboxylic acid groups (broad SMARTS) is 1. The first kappa shape index (κ1) is 14.7. The van der Waals surface area contributed by atoms with Gasteiger partial charge in [0.15, 0.2) is 0 Å². The van der Waals surface area contributed by atoms with Gasteiger partial charge in [0.05, 0.1) is 0 Å². The Balaban J connectivity index is 2.65. The molecule has 100 valence electrons. The fourth-order valence-electron chi connectivity index (χ4n) is 2.04. The van der Waals surface area contributed by atoms with Crippen molar-refractivity contribution in [2.24, 2.45) is 5.92 Å². The number of hydrogen-bond acceptors (Lipinski definition) is 2. The lowest BCUT2D eigenvalue weighted by Crippen LogP contribution is -2.36. The Morgan fingerprint density at radius 2 is 1.83 bits per heavy atom. The molecule has 0 aliphatic rings. The van der Waals surface area contributed by atoms with Crippen molar-refractivity contribution in [3.05, 3.63) is 35.9 Å². The Hall–Kier alpha value is -1.35. The molecule has 0 aliphatic heterocycles. The van der Waals surface area contributed by atoms with Crippen molar-refractivity contribution in [3.8, 4) is 0 Å². The highest BCUT2D eigenvalue weighted by Gasteiger charge is 2.16. The lowest BCUT2D eigenvalue weighted by atomic mass is 9.90. The van der Waals surface area contributed by atoms with Gasteiger partial charge in [0, 0.05) is 6.54 Å². The molecular formula is C15H23NO2. The third-order valence-electron chi connectivity index (χ3n) is 3.07. The molecule has 18 heavy (non-hydrogen) atoms. The van der Waals surface area contributed by atoms with Gasteiger partial charge in [-0.3, -0.25) is 4.79 Å². The maximum atomic E-state index is 10.8. The smallest absolute Gasteiger partial charge is 0.320 e. The second kappa shape index (κ2) is 7.17. The maximum Gasteiger partial charge on any atom is 0.320 e. The van der Waals surface area contributed by atoms with Crippen molar-refractivity contribution in [3.63, 3.8) is 0 Å². The predicted molar refractivity (Wildman–Crippen MR) is 73.7 cm³/mol. The van der Waals surface area contributed by atoms with Crippen LogP contribution in [0.3, 0.4) is 0 Å². The molecule has 2 atom stereocenters. The topological polar surface area (TPSA) is 49.3 Å². The van der Waals surface area contributed by atoms with Crippen molar-refractivity contribution in [2.45, 2.75) is 39.2 Å². The zero-order chi connectivity index (χ0) is 13.5. The highest BCUT2D eigenvalue weighted by Crippen LogP contribution is 2.23. The van der Waals surface area contributed by atoms with Gasteiger partial charge in [0.2, 0.25) is 0 Å². The Kier molecular flexibility index (Phi) is 5.86. The van der Waals surface area contributed by atoms with Crippen LogP contribution in [0.1, 0.15) is 38.7 Å². The minimum Gasteiger partial charge on any atom is -0.480 e. The molecule has 0 aliphatic carbocycles. The summed E-state index contributed by atoms with van der Waals surface area (Å²) >= 11 is 0. The third kappa shape index (κ3) is 4.88. The summed E-state index contributed by atoms with van der Waals surface area (Å²) in [5, 5.41) is 12.0. The van der Waals surface area contributed by atoms with E-state index in [-0.39, 0.29) is 0 Å². The van der Waals surface area contributed by atoms with Gasteiger partial charge in [-0.15, -0.1) is 0 Å². The van der Waals surface area contributed by atoms with E-state index in [0.717, 1.165) is 6.42 Å². The molecule has 0 fully saturated rings. The van der Waals surface area contributed by atoms with Gasteiger partial charge >= 0.3 is 5.97 Å². The standard InChI is InChI=1S/C15H23NO2/c1-11(2)9-14(10-16-12(3)15(17)18)13-7-5-4-6-8-13/h4-8,11-12,14,16H,9-10H2,1-3H3,(H,17,18)/t12-,14?/m1/s1. The van der Waals surface area contributed by atoms with Crippen LogP contribution in [0, 0.1) is 5.92 Å². The summed E-state index contributed by atoms with van der Waals surface area (Å²) in [6, 6.07) is 9.79. The molecule has 0 amide bonds. The molecule has 0 spiro atoms. The molecule has 3 heteroatoms. The SMILES string of the molecule is CC(C)CC(CN[C@H](C)C(=O)O)c1ccccc1. The minimum atomic E-state index is -0.800. The first-order valence-electron chi connectivity index (χ1n) is 6.51. The highest BCUT2D eigenvalue weighted by molar-refractivity contribution is 5.72. The summed E-state index contributed by atoms with van der Waals surface area (Å²) in [5.74, 6) is 0.163. The maximum absolute atomic E-state index is 10.8. The molecule has 0 saturated carbocycles. The van der Waals surface area contributed by atoms with Gasteiger partial charge in [-0.05, 0) is 30.7 Å². The van der Waals surface area contributed by atoms with Crippen LogP contribution in [-0.4, -0.2) is 23.7 Å². The first-order chi connectivity index (χ1) is 8.50. The second-order valence-electron chi connectivity index (χ2n) is 5.21. The van der Waals surface area contributed by atoms with Crippen LogP contribution in [0.15, 0.2) is 30.3 Å². The van der Waals surface area contributed by atoms with E-state index in [2.05, 4.69) is 31.3 Å². The molecule has 1 unspecified atom stereocenters. The van der Waals surface area contributed by atoms with Gasteiger partial charge in [0.25, 0.3) is 0 Å². The van der Waals surface area contributed by atoms with Crippen molar-refractivity contribution in [1.82, 2.24) is 5.32 Å². The van der Waals surface area contributed by atoms with Crippen molar-refractivity contribution in [1.29, 1.82) is 0 Å². The number of carboxylic acids is 1. The van der Waals surface area contributed by atoms with Gasteiger partial charge in [-0.25, -0.2) is 0 Å². The van der Waals surface area contributed by atoms with Gasteiger partial charge < -0.3 is 10.4 Å². The number of carbonyl (C=O) groups is 1. The molecule has 1 aromatic carbocycles. The zero-order valence-corrected chi connectivity index (χ0v) is 11.4. The predicted octanol–water partition coefficient (Wildman–Crippen LogP) is 2.88. The van der Waals surface area contributed by atoms with Crippen LogP contribution < -0.4 is 5.32 Å². The molecule has 1 aromatic rings. The van der Waals surface area contributed by atoms with Gasteiger partial charge in [-0.2, -0.15) is 0 Å².